The molecule has 31 nitrogen and oxygen atoms in total. The molecule has 18 rings (SSSR count). The predicted octanol–water partition coefficient (Wildman–Crippen LogP) is 6.78. The summed E-state index contributed by atoms with van der Waals surface area (Å²) >= 11 is 0. The molecule has 0 radical (unpaired) electrons. The van der Waals surface area contributed by atoms with Gasteiger partial charge in [0.05, 0.1) is 29.9 Å². The number of quaternary nitrogens is 1. The van der Waals surface area contributed by atoms with Gasteiger partial charge in [0, 0.05) is 175 Å². The van der Waals surface area contributed by atoms with Crippen LogP contribution in [0.1, 0.15) is 209 Å². The average Bonchev–Trinajstić information content (AvgIpc) is 1.48. The number of para-hydroxylation sites is 2. The summed E-state index contributed by atoms with van der Waals surface area (Å²) in [7, 11) is 3.98. The lowest BCUT2D eigenvalue weighted by atomic mass is 9.47. The highest BCUT2D eigenvalue weighted by Crippen LogP contribution is 2.70. The van der Waals surface area contributed by atoms with E-state index < -0.39 is 127 Å². The van der Waals surface area contributed by atoms with Gasteiger partial charge in [-0.2, -0.15) is 19.2 Å². The van der Waals surface area contributed by atoms with Gasteiger partial charge in [0.25, 0.3) is 11.8 Å². The van der Waals surface area contributed by atoms with E-state index in [4.69, 9.17) is 33.8 Å². The van der Waals surface area contributed by atoms with Gasteiger partial charge in [-0.3, -0.25) is 34.0 Å². The summed E-state index contributed by atoms with van der Waals surface area (Å²) in [5.41, 5.74) is 9.89. The number of aliphatic carboxylic acids is 1. The SMILES string of the molecule is CCC1(O)CC2CN(CCc3c([nH]c4ccccc34)[C@@](C)(c3cc4c(cc3C)N(C)C3C45CCN4CC=C[C@](CC)(C45)[C@@H](O)[C@]3(O)C(=O)NCCCO)C2)C1.CCC1(O)CC2CN(CCc3c([nH]c4ccccc34)[C@@](C)(c3cc4c(cc3C)N(C)C3C45CCN4CC=C[C@](CC)(C45)[C@@H](O)[C@]3(O)C(=O)NCCCOC(=O)C(C)[NH3+])C2)C1.C[C@H](NC(=O)OC(C)(C)C)C(=O)O.O=C=O.O=C=O. The molecule has 4 bridgehead atoms. The lowest BCUT2D eigenvalue weighted by molar-refractivity contribution is -0.402. The van der Waals surface area contributed by atoms with Gasteiger partial charge in [-0.25, -0.2) is 9.59 Å². The number of H-pyrrole nitrogens is 2. The summed E-state index contributed by atoms with van der Waals surface area (Å²) in [6, 6.07) is 23.6. The molecule has 6 aromatic rings. The fraction of sp³-hybridized carbons (Fsp3) is 0.621. The molecule has 12 heterocycles. The number of anilines is 2. The molecule has 4 aromatic carbocycles. The standard InChI is InChI=1S/C48H66N6O6.C45H61N5O5.C8H15NO4.2CO2/c1-7-45(58)26-31-25-44(5,38-33(15-20-53(27-31)28-45)32-13-9-10-14-36(32)51-38)34-24-35-37(23-29(34)3)52(6)41-47(35)17-21-54-19-11-16-46(8-2,40(47)54)42(56)48(41,59)43(57)50-18-12-22-60-39(55)30(4)49;1-6-42(54)25-29-24-41(4,36-31(14-19-49(26-29)27-42)30-12-8-9-13-34(30)47-36)32-23-33-35(22-28(32)3)48(5)38-44(33)16-20-50-18-10-15-43(7-2,37(44)50)39(52)45(38,55)40(53)46-17-11-21-51;1-5(6(10)11)9-7(12)13-8(2,3)4;2*2-1-3/h9-11,13-14,16,23-24,30-31,40-42,51,56,58-59H,7-8,12,15,17-22,25-28,49H2,1-6H3,(H,50,57);8-10,12-13,15,22-23,29,37-39,47,51-52,54-55H,6-7,11,14,16-21,24-27H2,1-5H3,(H,46,53);5H,1-4H3,(H,9,12)(H,10,11);;/p+1/t30?,31?,40?,41?,42-,44-,45?,46-,47?,48+;29?,37?,38?,39-,41-,42?,43-,44?,45+;5-;;/m110../s1. The molecule has 10 aliphatic heterocycles. The molecule has 13 unspecified atom stereocenters. The zero-order valence-electron chi connectivity index (χ0n) is 80.8. The number of ether oxygens (including phenoxy) is 2. The van der Waals surface area contributed by atoms with Gasteiger partial charge >= 0.3 is 30.3 Å². The number of carbonyl (C=O) groups excluding carboxylic acids is 8. The van der Waals surface area contributed by atoms with Crippen molar-refractivity contribution in [2.24, 2.45) is 22.7 Å². The van der Waals surface area contributed by atoms with Crippen LogP contribution in [0, 0.1) is 36.5 Å². The van der Waals surface area contributed by atoms with Gasteiger partial charge in [0.2, 0.25) is 0 Å². The third-order valence-electron chi connectivity index (χ3n) is 33.1. The van der Waals surface area contributed by atoms with E-state index in [0.717, 1.165) is 161 Å². The van der Waals surface area contributed by atoms with Gasteiger partial charge < -0.3 is 91.8 Å². The Hall–Kier alpha value is -9.53. The van der Waals surface area contributed by atoms with Crippen molar-refractivity contribution in [2.45, 2.75) is 278 Å². The highest BCUT2D eigenvalue weighted by Gasteiger charge is 2.81. The number of likely N-dealkylation sites (N-methyl/N-ethyl adjacent to an activating group) is 2. The molecule has 134 heavy (non-hydrogen) atoms. The second kappa shape index (κ2) is 38.1. The Morgan fingerprint density at radius 2 is 1.00 bits per heavy atom. The summed E-state index contributed by atoms with van der Waals surface area (Å²) in [5, 5.41) is 104. The normalized spacial score (nSPS) is 34.2. The van der Waals surface area contributed by atoms with E-state index in [2.05, 4.69) is 214 Å². The van der Waals surface area contributed by atoms with E-state index in [0.29, 0.717) is 38.8 Å². The first-order valence-electron chi connectivity index (χ1n) is 48.3. The number of esters is 1. The van der Waals surface area contributed by atoms with E-state index >= 15 is 0 Å². The summed E-state index contributed by atoms with van der Waals surface area (Å²) in [6.07, 6.45) is 15.3. The zero-order chi connectivity index (χ0) is 97.3. The predicted molar refractivity (Wildman–Crippen MR) is 504 cm³/mol. The van der Waals surface area contributed by atoms with Crippen LogP contribution in [0.15, 0.2) is 97.1 Å². The van der Waals surface area contributed by atoms with Crippen molar-refractivity contribution < 1.29 is 99.2 Å². The fourth-order valence-corrected chi connectivity index (χ4v) is 27.8. The van der Waals surface area contributed by atoms with Gasteiger partial charge in [-0.15, -0.1) is 0 Å². The number of fused-ring (bicyclic) bond motifs is 12. The number of nitrogens with zero attached hydrogens (tertiary/aromatic N) is 6. The van der Waals surface area contributed by atoms with E-state index in [1.54, 1.807) is 27.7 Å². The number of aryl methyl sites for hydroxylation is 2. The van der Waals surface area contributed by atoms with Crippen LogP contribution in [0.3, 0.4) is 0 Å². The molecule has 728 valence electrons. The first-order chi connectivity index (χ1) is 63.4. The number of nitrogens with one attached hydrogen (secondary N) is 5. The molecule has 31 heteroatoms. The summed E-state index contributed by atoms with van der Waals surface area (Å²) in [5.74, 6) is -2.14. The molecular weight excluding hydrogens is 1710 g/mol. The van der Waals surface area contributed by atoms with Crippen molar-refractivity contribution in [1.82, 2.24) is 45.5 Å². The van der Waals surface area contributed by atoms with Crippen LogP contribution >= 0.6 is 0 Å². The van der Waals surface area contributed by atoms with Gasteiger partial charge in [-0.1, -0.05) is 101 Å². The Balaban J connectivity index is 0.000000181. The number of carboxylic acid groups (broad SMARTS) is 1. The van der Waals surface area contributed by atoms with E-state index in [9.17, 15) is 59.7 Å². The number of aromatic nitrogens is 2. The molecule has 2 spiro atoms. The van der Waals surface area contributed by atoms with Crippen LogP contribution in [0.2, 0.25) is 0 Å². The Kier molecular flexibility index (Phi) is 28.5. The summed E-state index contributed by atoms with van der Waals surface area (Å²) < 4.78 is 10.2. The van der Waals surface area contributed by atoms with Crippen LogP contribution in [0.25, 0.3) is 21.8 Å². The van der Waals surface area contributed by atoms with E-state index in [-0.39, 0.29) is 62.5 Å². The lowest BCUT2D eigenvalue weighted by Crippen LogP contribution is -2.81. The first-order valence-corrected chi connectivity index (χ1v) is 48.3. The highest BCUT2D eigenvalue weighted by molar-refractivity contribution is 5.93. The minimum Gasteiger partial charge on any atom is -0.480 e. The number of hydrogen-bond acceptors (Lipinski definition) is 24. The molecule has 12 aliphatic rings. The largest absolute Gasteiger partial charge is 0.480 e. The number of rotatable bonds is 18. The number of carboxylic acids is 1. The number of aliphatic hydroxyl groups excluding tert-OH is 3. The van der Waals surface area contributed by atoms with Crippen molar-refractivity contribution in [3.8, 4) is 0 Å². The van der Waals surface area contributed by atoms with Crippen LogP contribution in [0.5, 0.6) is 0 Å². The Morgan fingerprint density at radius 3 is 1.38 bits per heavy atom. The van der Waals surface area contributed by atoms with E-state index in [1.807, 2.05) is 14.1 Å². The van der Waals surface area contributed by atoms with Gasteiger partial charge in [-0.05, 0) is 246 Å². The number of aliphatic hydroxyl groups is 7. The molecule has 6 fully saturated rings. The van der Waals surface area contributed by atoms with Crippen LogP contribution in [-0.4, -0.2) is 295 Å². The van der Waals surface area contributed by atoms with Gasteiger partial charge in [0.15, 0.2) is 17.2 Å². The van der Waals surface area contributed by atoms with Crippen molar-refractivity contribution >= 4 is 75.3 Å². The number of hydrogen-bond donors (Lipinski definition) is 14. The van der Waals surface area contributed by atoms with Crippen molar-refractivity contribution in [3.63, 3.8) is 0 Å². The minimum absolute atomic E-state index is 0.0752. The first kappa shape index (κ1) is 100. The van der Waals surface area contributed by atoms with Crippen molar-refractivity contribution in [2.75, 3.05) is 116 Å². The monoisotopic (exact) mass is 1850 g/mol. The maximum atomic E-state index is 14.8. The highest BCUT2D eigenvalue weighted by atomic mass is 16.6. The lowest BCUT2D eigenvalue weighted by Gasteiger charge is -2.63. The zero-order valence-corrected chi connectivity index (χ0v) is 80.8. The Bertz CT molecular complexity index is 5530. The molecule has 3 amide bonds. The molecule has 16 N–H and O–H groups in total. The molecule has 22 atom stereocenters. The second-order valence-corrected chi connectivity index (χ2v) is 42.2. The maximum absolute atomic E-state index is 14.8. The van der Waals surface area contributed by atoms with Crippen molar-refractivity contribution in [1.29, 1.82) is 0 Å². The quantitative estimate of drug-likeness (QED) is 0.0239. The number of carbonyl (C=O) groups is 5. The number of alkyl carbamates (subject to hydrolysis) is 1. The number of benzene rings is 4. The van der Waals surface area contributed by atoms with Crippen LogP contribution in [0.4, 0.5) is 16.2 Å². The fourth-order valence-electron chi connectivity index (χ4n) is 27.8. The Morgan fingerprint density at radius 1 is 0.590 bits per heavy atom. The van der Waals surface area contributed by atoms with Gasteiger partial charge in [0.1, 0.15) is 23.9 Å². The summed E-state index contributed by atoms with van der Waals surface area (Å²) in [4.78, 5) is 117. The second-order valence-electron chi connectivity index (χ2n) is 42.2. The molecular formula is C103H143N12O19+. The minimum atomic E-state index is -2.17. The molecule has 2 aromatic heterocycles. The Labute approximate surface area is 785 Å². The smallest absolute Gasteiger partial charge is 0.408 e. The molecule has 2 aliphatic carbocycles. The summed E-state index contributed by atoms with van der Waals surface area (Å²) in [6.45, 7) is 34.4. The number of amides is 3. The average molecular weight is 1850 g/mol. The van der Waals surface area contributed by atoms with Crippen LogP contribution < -0.4 is 31.5 Å². The maximum Gasteiger partial charge on any atom is 0.408 e. The van der Waals surface area contributed by atoms with Crippen molar-refractivity contribution in [3.05, 3.63) is 153 Å². The third-order valence-corrected chi connectivity index (χ3v) is 33.1. The topological polar surface area (TPSA) is 449 Å². The number of aromatic amines is 2. The number of piperidine rings is 2. The molecule has 2 saturated carbocycles. The third kappa shape index (κ3) is 16.7. The molecule has 4 saturated heterocycles. The van der Waals surface area contributed by atoms with Crippen LogP contribution in [-0.2, 0) is 82.3 Å². The van der Waals surface area contributed by atoms with E-state index in [1.165, 1.54) is 51.3 Å².